The van der Waals surface area contributed by atoms with E-state index in [1.54, 1.807) is 23.1 Å². The molecule has 3 aromatic rings. The Labute approximate surface area is 160 Å². The van der Waals surface area contributed by atoms with Gasteiger partial charge in [0.15, 0.2) is 0 Å². The van der Waals surface area contributed by atoms with Crippen LogP contribution < -0.4 is 5.32 Å². The van der Waals surface area contributed by atoms with Crippen LogP contribution in [0.15, 0.2) is 52.6 Å². The molecule has 0 radical (unpaired) electrons. The summed E-state index contributed by atoms with van der Waals surface area (Å²) in [4.78, 5) is 28.0. The first kappa shape index (κ1) is 17.4. The zero-order valence-electron chi connectivity index (χ0n) is 14.5. The van der Waals surface area contributed by atoms with Crippen molar-refractivity contribution in [2.24, 2.45) is 0 Å². The molecular weight excluding hydrogens is 364 g/mol. The SMILES string of the molecule is O=C(Nc1cccc(-c2nnco2)c1)C1CCCCN1C(=O)c1cccs1. The molecule has 2 aromatic heterocycles. The van der Waals surface area contributed by atoms with Crippen molar-refractivity contribution in [2.45, 2.75) is 25.3 Å². The number of benzene rings is 1. The van der Waals surface area contributed by atoms with Gasteiger partial charge in [0, 0.05) is 17.8 Å². The summed E-state index contributed by atoms with van der Waals surface area (Å²) in [5.74, 6) is 0.130. The maximum absolute atomic E-state index is 12.9. The molecule has 1 fully saturated rings. The lowest BCUT2D eigenvalue weighted by Gasteiger charge is -2.34. The number of nitrogens with one attached hydrogen (secondary N) is 1. The van der Waals surface area contributed by atoms with Gasteiger partial charge >= 0.3 is 0 Å². The van der Waals surface area contributed by atoms with Crippen LogP contribution in [0.1, 0.15) is 28.9 Å². The fourth-order valence-corrected chi connectivity index (χ4v) is 3.92. The maximum Gasteiger partial charge on any atom is 0.264 e. The Kier molecular flexibility index (Phi) is 4.97. The molecule has 1 N–H and O–H groups in total. The van der Waals surface area contributed by atoms with E-state index >= 15 is 0 Å². The lowest BCUT2D eigenvalue weighted by molar-refractivity contribution is -0.121. The minimum absolute atomic E-state index is 0.0792. The summed E-state index contributed by atoms with van der Waals surface area (Å²) in [6.45, 7) is 0.594. The summed E-state index contributed by atoms with van der Waals surface area (Å²) in [6, 6.07) is 10.4. The summed E-state index contributed by atoms with van der Waals surface area (Å²) >= 11 is 1.40. The van der Waals surface area contributed by atoms with Crippen molar-refractivity contribution in [2.75, 3.05) is 11.9 Å². The molecule has 1 aliphatic rings. The molecule has 0 aliphatic carbocycles. The molecular formula is C19H18N4O3S. The summed E-state index contributed by atoms with van der Waals surface area (Å²) in [7, 11) is 0. The molecule has 2 amide bonds. The number of hydrogen-bond donors (Lipinski definition) is 1. The predicted molar refractivity (Wildman–Crippen MR) is 101 cm³/mol. The number of carbonyl (C=O) groups is 2. The number of carbonyl (C=O) groups excluding carboxylic acids is 2. The van der Waals surface area contributed by atoms with Crippen LogP contribution in [0.5, 0.6) is 0 Å². The van der Waals surface area contributed by atoms with Crippen LogP contribution in [-0.4, -0.2) is 39.5 Å². The van der Waals surface area contributed by atoms with E-state index in [9.17, 15) is 9.59 Å². The Morgan fingerprint density at radius 3 is 2.93 bits per heavy atom. The van der Waals surface area contributed by atoms with Crippen molar-refractivity contribution in [3.05, 3.63) is 53.0 Å². The van der Waals surface area contributed by atoms with Gasteiger partial charge in [-0.05, 0) is 48.9 Å². The second-order valence-corrected chi connectivity index (χ2v) is 7.25. The molecule has 0 spiro atoms. The van der Waals surface area contributed by atoms with Crippen LogP contribution in [-0.2, 0) is 4.79 Å². The van der Waals surface area contributed by atoms with Crippen LogP contribution >= 0.6 is 11.3 Å². The molecule has 138 valence electrons. The Morgan fingerprint density at radius 2 is 2.15 bits per heavy atom. The van der Waals surface area contributed by atoms with Gasteiger partial charge in [-0.25, -0.2) is 0 Å². The first-order chi connectivity index (χ1) is 13.2. The van der Waals surface area contributed by atoms with E-state index in [2.05, 4.69) is 15.5 Å². The van der Waals surface area contributed by atoms with Crippen LogP contribution in [0.3, 0.4) is 0 Å². The Bertz CT molecular complexity index is 924. The number of aromatic nitrogens is 2. The summed E-state index contributed by atoms with van der Waals surface area (Å²) in [6.07, 6.45) is 3.75. The molecule has 7 nitrogen and oxygen atoms in total. The van der Waals surface area contributed by atoms with Crippen molar-refractivity contribution in [3.8, 4) is 11.5 Å². The van der Waals surface area contributed by atoms with Crippen LogP contribution in [0.2, 0.25) is 0 Å². The Balaban J connectivity index is 1.51. The number of amides is 2. The number of likely N-dealkylation sites (tertiary alicyclic amines) is 1. The van der Waals surface area contributed by atoms with Crippen molar-refractivity contribution < 1.29 is 14.0 Å². The minimum atomic E-state index is -0.472. The number of hydrogen-bond acceptors (Lipinski definition) is 6. The first-order valence-electron chi connectivity index (χ1n) is 8.74. The number of nitrogens with zero attached hydrogens (tertiary/aromatic N) is 3. The van der Waals surface area contributed by atoms with E-state index in [0.717, 1.165) is 18.4 Å². The molecule has 1 aliphatic heterocycles. The van der Waals surface area contributed by atoms with E-state index in [4.69, 9.17) is 4.42 Å². The summed E-state index contributed by atoms with van der Waals surface area (Å²) < 4.78 is 5.20. The third kappa shape index (κ3) is 3.75. The predicted octanol–water partition coefficient (Wildman–Crippen LogP) is 3.43. The van der Waals surface area contributed by atoms with Crippen molar-refractivity contribution in [1.29, 1.82) is 0 Å². The van der Waals surface area contributed by atoms with Crippen LogP contribution in [0.25, 0.3) is 11.5 Å². The lowest BCUT2D eigenvalue weighted by Crippen LogP contribution is -2.49. The van der Waals surface area contributed by atoms with Gasteiger partial charge in [-0.3, -0.25) is 9.59 Å². The third-order valence-electron chi connectivity index (χ3n) is 4.54. The molecule has 0 saturated carbocycles. The topological polar surface area (TPSA) is 88.3 Å². The molecule has 8 heteroatoms. The van der Waals surface area contributed by atoms with Crippen LogP contribution in [0.4, 0.5) is 5.69 Å². The van der Waals surface area contributed by atoms with Gasteiger partial charge in [-0.15, -0.1) is 21.5 Å². The van der Waals surface area contributed by atoms with Gasteiger partial charge in [-0.1, -0.05) is 12.1 Å². The summed E-state index contributed by atoms with van der Waals surface area (Å²) in [5, 5.41) is 12.3. The molecule has 1 saturated heterocycles. The minimum Gasteiger partial charge on any atom is -0.423 e. The Hall–Kier alpha value is -3.00. The highest BCUT2D eigenvalue weighted by Crippen LogP contribution is 2.24. The zero-order chi connectivity index (χ0) is 18.6. The Morgan fingerprint density at radius 1 is 1.22 bits per heavy atom. The fourth-order valence-electron chi connectivity index (χ4n) is 3.24. The van der Waals surface area contributed by atoms with Gasteiger partial charge in [-0.2, -0.15) is 0 Å². The van der Waals surface area contributed by atoms with E-state index in [0.29, 0.717) is 29.4 Å². The van der Waals surface area contributed by atoms with Gasteiger partial charge in [0.25, 0.3) is 5.91 Å². The van der Waals surface area contributed by atoms with Gasteiger partial charge in [0.1, 0.15) is 6.04 Å². The standard InChI is InChI=1S/C19H18N4O3S/c24-17(21-14-6-3-5-13(11-14)18-22-20-12-26-18)15-7-1-2-9-23(15)19(25)16-8-4-10-27-16/h3-6,8,10-12,15H,1-2,7,9H2,(H,21,24). The third-order valence-corrected chi connectivity index (χ3v) is 5.39. The van der Waals surface area contributed by atoms with E-state index in [-0.39, 0.29) is 11.8 Å². The van der Waals surface area contributed by atoms with E-state index < -0.39 is 6.04 Å². The average Bonchev–Trinajstić information content (AvgIpc) is 3.41. The smallest absolute Gasteiger partial charge is 0.264 e. The van der Waals surface area contributed by atoms with Crippen molar-refractivity contribution >= 4 is 28.8 Å². The number of rotatable bonds is 4. The summed E-state index contributed by atoms with van der Waals surface area (Å²) in [5.41, 5.74) is 1.35. The zero-order valence-corrected chi connectivity index (χ0v) is 15.3. The molecule has 27 heavy (non-hydrogen) atoms. The van der Waals surface area contributed by atoms with E-state index in [1.807, 2.05) is 23.6 Å². The first-order valence-corrected chi connectivity index (χ1v) is 9.62. The fraction of sp³-hybridized carbons (Fsp3) is 0.263. The van der Waals surface area contributed by atoms with Gasteiger partial charge < -0.3 is 14.6 Å². The van der Waals surface area contributed by atoms with Gasteiger partial charge in [0.2, 0.25) is 18.2 Å². The maximum atomic E-state index is 12.9. The number of anilines is 1. The van der Waals surface area contributed by atoms with Gasteiger partial charge in [0.05, 0.1) is 4.88 Å². The quantitative estimate of drug-likeness (QED) is 0.747. The van der Waals surface area contributed by atoms with Crippen molar-refractivity contribution in [1.82, 2.24) is 15.1 Å². The lowest BCUT2D eigenvalue weighted by atomic mass is 10.0. The molecule has 1 aromatic carbocycles. The second kappa shape index (κ2) is 7.71. The molecule has 1 unspecified atom stereocenters. The monoisotopic (exact) mass is 382 g/mol. The molecule has 1 atom stereocenters. The van der Waals surface area contributed by atoms with Crippen LogP contribution in [0, 0.1) is 0 Å². The number of piperidine rings is 1. The highest BCUT2D eigenvalue weighted by atomic mass is 32.1. The number of thiophene rings is 1. The average molecular weight is 382 g/mol. The molecule has 4 rings (SSSR count). The normalized spacial score (nSPS) is 16.9. The molecule has 0 bridgehead atoms. The highest BCUT2D eigenvalue weighted by Gasteiger charge is 2.33. The van der Waals surface area contributed by atoms with Crippen molar-refractivity contribution in [3.63, 3.8) is 0 Å². The van der Waals surface area contributed by atoms with E-state index in [1.165, 1.54) is 17.7 Å². The second-order valence-electron chi connectivity index (χ2n) is 6.30. The highest BCUT2D eigenvalue weighted by molar-refractivity contribution is 7.12. The molecule has 3 heterocycles. The largest absolute Gasteiger partial charge is 0.423 e.